The third-order valence-electron chi connectivity index (χ3n) is 4.05. The molecule has 2 nitrogen and oxygen atoms in total. The summed E-state index contributed by atoms with van der Waals surface area (Å²) in [6, 6.07) is 9.27. The van der Waals surface area contributed by atoms with Gasteiger partial charge in [-0.15, -0.1) is 0 Å². The van der Waals surface area contributed by atoms with Crippen molar-refractivity contribution in [2.75, 3.05) is 5.32 Å². The van der Waals surface area contributed by atoms with Crippen LogP contribution in [-0.2, 0) is 0 Å². The van der Waals surface area contributed by atoms with Crippen molar-refractivity contribution in [2.45, 2.75) is 38.6 Å². The molecule has 1 aromatic carbocycles. The number of nitrogens with one attached hydrogen (secondary N) is 2. The first-order chi connectivity index (χ1) is 8.33. The number of rotatable bonds is 3. The van der Waals surface area contributed by atoms with E-state index in [1.54, 1.807) is 0 Å². The molecule has 0 saturated heterocycles. The van der Waals surface area contributed by atoms with Crippen LogP contribution in [-0.4, -0.2) is 11.0 Å². The fourth-order valence-electron chi connectivity index (χ4n) is 2.98. The van der Waals surface area contributed by atoms with Crippen molar-refractivity contribution in [3.63, 3.8) is 0 Å². The lowest BCUT2D eigenvalue weighted by atomic mass is 9.99. The van der Waals surface area contributed by atoms with Gasteiger partial charge in [-0.2, -0.15) is 0 Å². The molecule has 2 N–H and O–H groups in total. The lowest BCUT2D eigenvalue weighted by molar-refractivity contribution is 0.482. The largest absolute Gasteiger partial charge is 0.382 e. The van der Waals surface area contributed by atoms with Gasteiger partial charge in [0.15, 0.2) is 0 Å². The predicted molar refractivity (Wildman–Crippen MR) is 73.3 cm³/mol. The van der Waals surface area contributed by atoms with Crippen molar-refractivity contribution in [1.82, 2.24) is 4.98 Å². The predicted octanol–water partition coefficient (Wildman–Crippen LogP) is 4.16. The van der Waals surface area contributed by atoms with Crippen LogP contribution in [0.25, 0.3) is 10.9 Å². The van der Waals surface area contributed by atoms with Crippen molar-refractivity contribution in [3.8, 4) is 0 Å². The van der Waals surface area contributed by atoms with Gasteiger partial charge in [0.25, 0.3) is 0 Å². The number of fused-ring (bicyclic) bond motifs is 1. The Hall–Kier alpha value is -1.44. The van der Waals surface area contributed by atoms with Crippen LogP contribution >= 0.6 is 0 Å². The highest BCUT2D eigenvalue weighted by atomic mass is 14.9. The minimum atomic E-state index is 0.592. The maximum atomic E-state index is 3.65. The third kappa shape index (κ3) is 2.17. The van der Waals surface area contributed by atoms with Crippen molar-refractivity contribution in [3.05, 3.63) is 30.5 Å². The summed E-state index contributed by atoms with van der Waals surface area (Å²) in [6.45, 7) is 2.32. The van der Waals surface area contributed by atoms with E-state index in [-0.39, 0.29) is 0 Å². The van der Waals surface area contributed by atoms with Crippen LogP contribution in [0, 0.1) is 5.92 Å². The lowest BCUT2D eigenvalue weighted by Crippen LogP contribution is -2.23. The smallest absolute Gasteiger partial charge is 0.0455 e. The second-order valence-electron chi connectivity index (χ2n) is 5.26. The molecule has 2 aromatic rings. The Bertz CT molecular complexity index is 494. The Morgan fingerprint density at radius 3 is 2.88 bits per heavy atom. The van der Waals surface area contributed by atoms with Gasteiger partial charge in [0.1, 0.15) is 0 Å². The Morgan fingerprint density at radius 2 is 2.06 bits per heavy atom. The van der Waals surface area contributed by atoms with E-state index in [2.05, 4.69) is 41.5 Å². The topological polar surface area (TPSA) is 27.8 Å². The van der Waals surface area contributed by atoms with Crippen molar-refractivity contribution in [1.29, 1.82) is 0 Å². The van der Waals surface area contributed by atoms with Gasteiger partial charge in [-0.05, 0) is 49.9 Å². The maximum absolute atomic E-state index is 3.65. The fraction of sp³-hybridized carbons (Fsp3) is 0.467. The second kappa shape index (κ2) is 4.44. The van der Waals surface area contributed by atoms with Crippen LogP contribution in [0.15, 0.2) is 30.5 Å². The van der Waals surface area contributed by atoms with E-state index in [0.29, 0.717) is 6.04 Å². The minimum Gasteiger partial charge on any atom is -0.382 e. The quantitative estimate of drug-likeness (QED) is 0.811. The van der Waals surface area contributed by atoms with Crippen LogP contribution in [0.1, 0.15) is 32.6 Å². The molecule has 1 unspecified atom stereocenters. The zero-order chi connectivity index (χ0) is 11.7. The third-order valence-corrected chi connectivity index (χ3v) is 4.05. The van der Waals surface area contributed by atoms with Crippen LogP contribution in [0.2, 0.25) is 0 Å². The number of aromatic nitrogens is 1. The second-order valence-corrected chi connectivity index (χ2v) is 5.26. The van der Waals surface area contributed by atoms with Crippen LogP contribution < -0.4 is 5.32 Å². The van der Waals surface area contributed by atoms with Crippen molar-refractivity contribution < 1.29 is 0 Å². The summed E-state index contributed by atoms with van der Waals surface area (Å²) in [6.07, 6.45) is 7.59. The van der Waals surface area contributed by atoms with Crippen LogP contribution in [0.5, 0.6) is 0 Å². The molecule has 17 heavy (non-hydrogen) atoms. The average molecular weight is 228 g/mol. The summed E-state index contributed by atoms with van der Waals surface area (Å²) < 4.78 is 0. The number of hydrogen-bond donors (Lipinski definition) is 2. The molecule has 1 atom stereocenters. The SMILES string of the molecule is CC(Nc1ccc2[nH]ccc2c1)C1CCCC1. The van der Waals surface area contributed by atoms with E-state index in [9.17, 15) is 0 Å². The zero-order valence-electron chi connectivity index (χ0n) is 10.4. The standard InChI is InChI=1S/C15H20N2/c1-11(12-4-2-3-5-12)17-14-6-7-15-13(10-14)8-9-16-15/h6-12,16-17H,2-5H2,1H3. The lowest BCUT2D eigenvalue weighted by Gasteiger charge is -2.21. The Labute approximate surface area is 102 Å². The molecule has 0 aliphatic heterocycles. The van der Waals surface area contributed by atoms with Gasteiger partial charge in [0.2, 0.25) is 0 Å². The summed E-state index contributed by atoms with van der Waals surface area (Å²) in [7, 11) is 0. The molecule has 1 saturated carbocycles. The molecule has 0 radical (unpaired) electrons. The van der Waals surface area contributed by atoms with E-state index in [4.69, 9.17) is 0 Å². The van der Waals surface area contributed by atoms with Gasteiger partial charge >= 0.3 is 0 Å². The summed E-state index contributed by atoms with van der Waals surface area (Å²) in [5.74, 6) is 0.858. The van der Waals surface area contributed by atoms with E-state index in [1.165, 1.54) is 42.3 Å². The average Bonchev–Trinajstić information content (AvgIpc) is 2.99. The molecule has 2 heteroatoms. The maximum Gasteiger partial charge on any atom is 0.0455 e. The minimum absolute atomic E-state index is 0.592. The van der Waals surface area contributed by atoms with Crippen molar-refractivity contribution >= 4 is 16.6 Å². The van der Waals surface area contributed by atoms with E-state index in [0.717, 1.165) is 5.92 Å². The number of H-pyrrole nitrogens is 1. The highest BCUT2D eigenvalue weighted by molar-refractivity contribution is 5.83. The molecule has 90 valence electrons. The van der Waals surface area contributed by atoms with Crippen molar-refractivity contribution in [2.24, 2.45) is 5.92 Å². The van der Waals surface area contributed by atoms with E-state index >= 15 is 0 Å². The van der Waals surface area contributed by atoms with Gasteiger partial charge in [-0.1, -0.05) is 12.8 Å². The number of anilines is 1. The van der Waals surface area contributed by atoms with Gasteiger partial charge in [-0.3, -0.25) is 0 Å². The monoisotopic (exact) mass is 228 g/mol. The molecule has 1 aliphatic rings. The molecular weight excluding hydrogens is 208 g/mol. The number of aromatic amines is 1. The van der Waals surface area contributed by atoms with E-state index in [1.807, 2.05) is 6.20 Å². The molecule has 1 fully saturated rings. The highest BCUT2D eigenvalue weighted by Crippen LogP contribution is 2.29. The first-order valence-corrected chi connectivity index (χ1v) is 6.66. The first kappa shape index (κ1) is 10.7. The zero-order valence-corrected chi connectivity index (χ0v) is 10.4. The highest BCUT2D eigenvalue weighted by Gasteiger charge is 2.21. The molecular formula is C15H20N2. The Balaban J connectivity index is 1.74. The van der Waals surface area contributed by atoms with Gasteiger partial charge < -0.3 is 10.3 Å². The first-order valence-electron chi connectivity index (χ1n) is 6.66. The Kier molecular flexibility index (Phi) is 2.79. The van der Waals surface area contributed by atoms with E-state index < -0.39 is 0 Å². The molecule has 0 amide bonds. The van der Waals surface area contributed by atoms with Crippen LogP contribution in [0.4, 0.5) is 5.69 Å². The molecule has 1 heterocycles. The molecule has 0 bridgehead atoms. The molecule has 3 rings (SSSR count). The summed E-state index contributed by atoms with van der Waals surface area (Å²) in [5, 5.41) is 4.94. The van der Waals surface area contributed by atoms with Gasteiger partial charge in [-0.25, -0.2) is 0 Å². The van der Waals surface area contributed by atoms with Gasteiger partial charge in [0.05, 0.1) is 0 Å². The fourth-order valence-corrected chi connectivity index (χ4v) is 2.98. The summed E-state index contributed by atoms with van der Waals surface area (Å²) >= 11 is 0. The normalized spacial score (nSPS) is 18.6. The molecule has 0 spiro atoms. The number of benzene rings is 1. The number of hydrogen-bond acceptors (Lipinski definition) is 1. The summed E-state index contributed by atoms with van der Waals surface area (Å²) in [4.78, 5) is 3.23. The molecule has 1 aromatic heterocycles. The van der Waals surface area contributed by atoms with Gasteiger partial charge in [0, 0.05) is 28.8 Å². The summed E-state index contributed by atoms with van der Waals surface area (Å²) in [5.41, 5.74) is 2.46. The molecule has 1 aliphatic carbocycles. The Morgan fingerprint density at radius 1 is 1.24 bits per heavy atom. The van der Waals surface area contributed by atoms with Crippen LogP contribution in [0.3, 0.4) is 0 Å².